The Morgan fingerprint density at radius 1 is 1.30 bits per heavy atom. The second-order valence-corrected chi connectivity index (χ2v) is 8.14. The van der Waals surface area contributed by atoms with Crippen LogP contribution in [-0.4, -0.2) is 35.2 Å². The number of nitrogens with one attached hydrogen (secondary N) is 1. The van der Waals surface area contributed by atoms with Gasteiger partial charge in [0, 0.05) is 10.6 Å². The molecule has 0 radical (unpaired) electrons. The first-order valence-corrected chi connectivity index (χ1v) is 8.98. The van der Waals surface area contributed by atoms with Gasteiger partial charge in [-0.1, -0.05) is 25.4 Å². The fourth-order valence-electron chi connectivity index (χ4n) is 2.89. The Labute approximate surface area is 139 Å². The number of sulfonamides is 1. The summed E-state index contributed by atoms with van der Waals surface area (Å²) < 4.78 is 27.2. The van der Waals surface area contributed by atoms with Gasteiger partial charge in [0.05, 0.1) is 23.7 Å². The van der Waals surface area contributed by atoms with Crippen LogP contribution in [0.25, 0.3) is 0 Å². The summed E-state index contributed by atoms with van der Waals surface area (Å²) in [7, 11) is -3.81. The molecule has 0 amide bonds. The van der Waals surface area contributed by atoms with Gasteiger partial charge in [-0.25, -0.2) is 8.42 Å². The maximum atomic E-state index is 13.0. The fraction of sp³-hybridized carbons (Fsp3) is 0.333. The minimum atomic E-state index is -3.81. The van der Waals surface area contributed by atoms with Crippen molar-refractivity contribution in [1.29, 1.82) is 0 Å². The number of benzene rings is 1. The second kappa shape index (κ2) is 5.74. The van der Waals surface area contributed by atoms with Gasteiger partial charge in [-0.2, -0.15) is 9.40 Å². The van der Waals surface area contributed by atoms with Gasteiger partial charge in [0.2, 0.25) is 10.0 Å². The first kappa shape index (κ1) is 16.2. The van der Waals surface area contributed by atoms with Crippen molar-refractivity contribution in [2.75, 3.05) is 6.54 Å². The molecule has 1 atom stereocenters. The topological polar surface area (TPSA) is 83.1 Å². The molecule has 0 saturated heterocycles. The van der Waals surface area contributed by atoms with Crippen molar-refractivity contribution >= 4 is 27.4 Å². The lowest BCUT2D eigenvalue weighted by Gasteiger charge is -2.36. The zero-order valence-corrected chi connectivity index (χ0v) is 14.2. The van der Waals surface area contributed by atoms with E-state index in [0.717, 1.165) is 0 Å². The molecule has 1 N–H and O–H groups in total. The molecule has 0 saturated carbocycles. The minimum absolute atomic E-state index is 0.0125. The number of fused-ring (bicyclic) bond motifs is 1. The molecule has 0 fully saturated rings. The molecule has 0 spiro atoms. The Balaban J connectivity index is 2.11. The number of halogens is 1. The molecule has 122 valence electrons. The van der Waals surface area contributed by atoms with Crippen LogP contribution >= 0.6 is 11.6 Å². The van der Waals surface area contributed by atoms with Crippen molar-refractivity contribution in [2.45, 2.75) is 24.8 Å². The summed E-state index contributed by atoms with van der Waals surface area (Å²) in [6, 6.07) is 5.50. The molecule has 0 aliphatic carbocycles. The van der Waals surface area contributed by atoms with Gasteiger partial charge in [-0.3, -0.25) is 9.89 Å². The number of ketones is 1. The van der Waals surface area contributed by atoms with Gasteiger partial charge >= 0.3 is 0 Å². The Morgan fingerprint density at radius 2 is 1.96 bits per heavy atom. The Hall–Kier alpha value is -1.70. The molecule has 1 aromatic heterocycles. The molecular formula is C15H16ClN3O3S. The lowest BCUT2D eigenvalue weighted by atomic mass is 9.92. The number of Topliss-reactive ketones (excluding diaryl/α,β-unsaturated/α-hetero) is 1. The lowest BCUT2D eigenvalue weighted by molar-refractivity contribution is 0.0909. The third-order valence-electron chi connectivity index (χ3n) is 3.93. The van der Waals surface area contributed by atoms with E-state index >= 15 is 0 Å². The normalized spacial score (nSPS) is 19.1. The van der Waals surface area contributed by atoms with Gasteiger partial charge in [0.1, 0.15) is 5.69 Å². The Kier molecular flexibility index (Phi) is 4.03. The molecule has 2 heterocycles. The van der Waals surface area contributed by atoms with Crippen LogP contribution in [0.1, 0.15) is 35.9 Å². The number of carbonyl (C=O) groups excluding carboxylic acids is 1. The number of hydrogen-bond donors (Lipinski definition) is 1. The van der Waals surface area contributed by atoms with E-state index in [4.69, 9.17) is 11.6 Å². The smallest absolute Gasteiger partial charge is 0.244 e. The fourth-order valence-corrected chi connectivity index (χ4v) is 4.71. The minimum Gasteiger partial charge on any atom is -0.291 e. The summed E-state index contributed by atoms with van der Waals surface area (Å²) in [4.78, 5) is 12.4. The van der Waals surface area contributed by atoms with E-state index in [0.29, 0.717) is 16.3 Å². The molecule has 3 rings (SSSR count). The van der Waals surface area contributed by atoms with E-state index in [1.165, 1.54) is 34.8 Å². The maximum absolute atomic E-state index is 13.0. The van der Waals surface area contributed by atoms with Crippen molar-refractivity contribution in [2.24, 2.45) is 5.92 Å². The third kappa shape index (κ3) is 2.69. The predicted molar refractivity (Wildman–Crippen MR) is 85.8 cm³/mol. The summed E-state index contributed by atoms with van der Waals surface area (Å²) >= 11 is 5.83. The van der Waals surface area contributed by atoms with Crippen molar-refractivity contribution < 1.29 is 13.2 Å². The first-order chi connectivity index (χ1) is 10.8. The van der Waals surface area contributed by atoms with Gasteiger partial charge in [-0.15, -0.1) is 0 Å². The highest BCUT2D eigenvalue weighted by molar-refractivity contribution is 7.89. The van der Waals surface area contributed by atoms with Crippen LogP contribution in [0.4, 0.5) is 0 Å². The number of H-pyrrole nitrogens is 1. The zero-order chi connectivity index (χ0) is 16.8. The third-order valence-corrected chi connectivity index (χ3v) is 6.02. The highest BCUT2D eigenvalue weighted by Gasteiger charge is 2.42. The molecule has 0 unspecified atom stereocenters. The van der Waals surface area contributed by atoms with Crippen molar-refractivity contribution in [3.05, 3.63) is 46.7 Å². The number of nitrogens with zero attached hydrogens (tertiary/aromatic N) is 2. The summed E-state index contributed by atoms with van der Waals surface area (Å²) in [6.07, 6.45) is 1.53. The Morgan fingerprint density at radius 3 is 2.57 bits per heavy atom. The molecule has 6 nitrogen and oxygen atoms in total. The average Bonchev–Trinajstić information content (AvgIpc) is 2.97. The summed E-state index contributed by atoms with van der Waals surface area (Å²) in [5, 5.41) is 7.03. The molecule has 8 heteroatoms. The molecule has 23 heavy (non-hydrogen) atoms. The van der Waals surface area contributed by atoms with Gasteiger partial charge in [0.25, 0.3) is 0 Å². The highest BCUT2D eigenvalue weighted by Crippen LogP contribution is 2.38. The largest absolute Gasteiger partial charge is 0.291 e. The van der Waals surface area contributed by atoms with E-state index in [9.17, 15) is 13.2 Å². The first-order valence-electron chi connectivity index (χ1n) is 7.16. The van der Waals surface area contributed by atoms with Gasteiger partial charge in [-0.05, 0) is 30.2 Å². The molecule has 1 aromatic carbocycles. The number of aromatic nitrogens is 2. The molecule has 1 aliphatic rings. The SMILES string of the molecule is CC(C)[C@@H]1c2cn[nH]c2C(=O)CN1S(=O)(=O)c1ccc(Cl)cc1. The monoisotopic (exact) mass is 353 g/mol. The summed E-state index contributed by atoms with van der Waals surface area (Å²) in [6.45, 7) is 3.63. The van der Waals surface area contributed by atoms with Crippen LogP contribution in [0.5, 0.6) is 0 Å². The number of aromatic amines is 1. The van der Waals surface area contributed by atoms with Crippen LogP contribution < -0.4 is 0 Å². The molecule has 1 aliphatic heterocycles. The molecule has 2 aromatic rings. The highest BCUT2D eigenvalue weighted by atomic mass is 35.5. The summed E-state index contributed by atoms with van der Waals surface area (Å²) in [5.41, 5.74) is 1.01. The van der Waals surface area contributed by atoms with Crippen LogP contribution in [0.3, 0.4) is 0 Å². The van der Waals surface area contributed by atoms with E-state index in [1.807, 2.05) is 13.8 Å². The van der Waals surface area contributed by atoms with Crippen LogP contribution in [0.15, 0.2) is 35.4 Å². The predicted octanol–water partition coefficient (Wildman–Crippen LogP) is 2.65. The van der Waals surface area contributed by atoms with Gasteiger partial charge in [0.15, 0.2) is 5.78 Å². The quantitative estimate of drug-likeness (QED) is 0.919. The molecular weight excluding hydrogens is 338 g/mol. The lowest BCUT2D eigenvalue weighted by Crippen LogP contribution is -2.44. The van der Waals surface area contributed by atoms with Crippen LogP contribution in [-0.2, 0) is 10.0 Å². The number of rotatable bonds is 3. The van der Waals surface area contributed by atoms with Crippen molar-refractivity contribution in [3.63, 3.8) is 0 Å². The van der Waals surface area contributed by atoms with E-state index < -0.39 is 16.1 Å². The Bertz CT molecular complexity index is 843. The zero-order valence-electron chi connectivity index (χ0n) is 12.7. The van der Waals surface area contributed by atoms with E-state index in [-0.39, 0.29) is 23.1 Å². The second-order valence-electron chi connectivity index (χ2n) is 5.82. The van der Waals surface area contributed by atoms with Crippen LogP contribution in [0, 0.1) is 5.92 Å². The van der Waals surface area contributed by atoms with Crippen molar-refractivity contribution in [3.8, 4) is 0 Å². The van der Waals surface area contributed by atoms with Crippen LogP contribution in [0.2, 0.25) is 5.02 Å². The van der Waals surface area contributed by atoms with Gasteiger partial charge < -0.3 is 0 Å². The number of hydrogen-bond acceptors (Lipinski definition) is 4. The van der Waals surface area contributed by atoms with Crippen molar-refractivity contribution in [1.82, 2.24) is 14.5 Å². The average molecular weight is 354 g/mol. The summed E-state index contributed by atoms with van der Waals surface area (Å²) in [5.74, 6) is -0.298. The molecule has 0 bridgehead atoms. The standard InChI is InChI=1S/C15H16ClN3O3S/c1-9(2)15-12-7-17-18-14(12)13(20)8-19(15)23(21,22)11-5-3-10(16)4-6-11/h3-7,9,15H,8H2,1-2H3,(H,17,18)/t15-/m1/s1. The number of carbonyl (C=O) groups is 1. The maximum Gasteiger partial charge on any atom is 0.244 e. The van der Waals surface area contributed by atoms with E-state index in [2.05, 4.69) is 10.2 Å². The van der Waals surface area contributed by atoms with E-state index in [1.54, 1.807) is 0 Å².